The SMILES string of the molecule is CCOC(=O)C(=O)C=C(O)c1cccc(COCCOCCOCCOCCOCCN(c2cc3oc(-c4ccc(F)cc4)c(C(=O)NC)c3cc2C2CC2)S(C)(=O)=O)c1. The lowest BCUT2D eigenvalue weighted by Crippen LogP contribution is -2.34. The van der Waals surface area contributed by atoms with Crippen LogP contribution in [0, 0.1) is 5.82 Å². The monoisotopic (exact) mass is 854 g/mol. The molecule has 0 aliphatic heterocycles. The van der Waals surface area contributed by atoms with Crippen LogP contribution in [-0.2, 0) is 54.6 Å². The lowest BCUT2D eigenvalue weighted by Gasteiger charge is -2.25. The van der Waals surface area contributed by atoms with Crippen LogP contribution in [0.2, 0.25) is 0 Å². The second-order valence-electron chi connectivity index (χ2n) is 13.7. The normalized spacial score (nSPS) is 13.1. The summed E-state index contributed by atoms with van der Waals surface area (Å²) < 4.78 is 80.1. The Morgan fingerprint density at radius 2 is 1.50 bits per heavy atom. The summed E-state index contributed by atoms with van der Waals surface area (Å²) in [6.45, 7) is 4.58. The zero-order chi connectivity index (χ0) is 43.1. The highest BCUT2D eigenvalue weighted by atomic mass is 32.2. The van der Waals surface area contributed by atoms with E-state index in [0.29, 0.717) is 73.0 Å². The smallest absolute Gasteiger partial charge is 0.379 e. The second kappa shape index (κ2) is 22.4. The van der Waals surface area contributed by atoms with Crippen LogP contribution >= 0.6 is 0 Å². The summed E-state index contributed by atoms with van der Waals surface area (Å²) in [4.78, 5) is 36.4. The number of hydrogen-bond donors (Lipinski definition) is 2. The van der Waals surface area contributed by atoms with E-state index in [1.54, 1.807) is 37.3 Å². The Morgan fingerprint density at radius 3 is 2.08 bits per heavy atom. The molecule has 0 saturated heterocycles. The van der Waals surface area contributed by atoms with Crippen molar-refractivity contribution in [2.75, 3.05) is 90.2 Å². The number of nitrogens with one attached hydrogen (secondary N) is 1. The Morgan fingerprint density at radius 1 is 0.883 bits per heavy atom. The average Bonchev–Trinajstić information content (AvgIpc) is 4.01. The number of nitrogens with zero attached hydrogens (tertiary/aromatic N) is 1. The number of esters is 1. The van der Waals surface area contributed by atoms with Gasteiger partial charge in [-0.2, -0.15) is 0 Å². The van der Waals surface area contributed by atoms with Gasteiger partial charge in [0.1, 0.15) is 22.9 Å². The van der Waals surface area contributed by atoms with Gasteiger partial charge in [0.05, 0.1) is 96.7 Å². The lowest BCUT2D eigenvalue weighted by atomic mass is 10.0. The fourth-order valence-electron chi connectivity index (χ4n) is 6.21. The van der Waals surface area contributed by atoms with Gasteiger partial charge < -0.3 is 43.3 Å². The number of furan rings is 1. The van der Waals surface area contributed by atoms with Gasteiger partial charge in [-0.1, -0.05) is 18.2 Å². The Kier molecular flexibility index (Phi) is 17.2. The molecule has 0 unspecified atom stereocenters. The zero-order valence-electron chi connectivity index (χ0n) is 33.9. The molecule has 1 fully saturated rings. The number of carbonyl (C=O) groups is 3. The first kappa shape index (κ1) is 45.9. The van der Waals surface area contributed by atoms with E-state index in [0.717, 1.165) is 36.3 Å². The van der Waals surface area contributed by atoms with Crippen LogP contribution in [0.5, 0.6) is 0 Å². The molecule has 2 N–H and O–H groups in total. The molecule has 3 aromatic carbocycles. The third-order valence-electron chi connectivity index (χ3n) is 9.25. The molecule has 0 bridgehead atoms. The van der Waals surface area contributed by atoms with Crippen LogP contribution in [-0.4, -0.2) is 117 Å². The van der Waals surface area contributed by atoms with Crippen molar-refractivity contribution in [1.29, 1.82) is 0 Å². The Balaban J connectivity index is 0.984. The molecule has 0 radical (unpaired) electrons. The highest BCUT2D eigenvalue weighted by molar-refractivity contribution is 7.92. The van der Waals surface area contributed by atoms with Crippen molar-refractivity contribution in [3.63, 3.8) is 0 Å². The van der Waals surface area contributed by atoms with Crippen molar-refractivity contribution in [2.24, 2.45) is 0 Å². The van der Waals surface area contributed by atoms with Crippen LogP contribution in [0.3, 0.4) is 0 Å². The van der Waals surface area contributed by atoms with Crippen molar-refractivity contribution < 1.29 is 65.1 Å². The van der Waals surface area contributed by atoms with Crippen molar-refractivity contribution in [3.8, 4) is 11.3 Å². The van der Waals surface area contributed by atoms with Gasteiger partial charge in [0.2, 0.25) is 10.0 Å². The Labute approximate surface area is 348 Å². The average molecular weight is 855 g/mol. The quantitative estimate of drug-likeness (QED) is 0.0263. The molecule has 1 amide bonds. The van der Waals surface area contributed by atoms with Crippen molar-refractivity contribution in [2.45, 2.75) is 32.3 Å². The number of carbonyl (C=O) groups excluding carboxylic acids is 3. The Bertz CT molecular complexity index is 2220. The predicted octanol–water partition coefficient (Wildman–Crippen LogP) is 5.56. The second-order valence-corrected chi connectivity index (χ2v) is 15.6. The number of ether oxygens (including phenoxy) is 6. The number of halogens is 1. The van der Waals surface area contributed by atoms with Crippen LogP contribution < -0.4 is 9.62 Å². The molecule has 1 saturated carbocycles. The molecule has 1 aliphatic rings. The predicted molar refractivity (Wildman–Crippen MR) is 221 cm³/mol. The fraction of sp³-hybridized carbons (Fsp3) is 0.419. The third-order valence-corrected chi connectivity index (χ3v) is 10.4. The first-order valence-electron chi connectivity index (χ1n) is 19.6. The minimum Gasteiger partial charge on any atom is -0.507 e. The highest BCUT2D eigenvalue weighted by Gasteiger charge is 2.33. The molecule has 0 spiro atoms. The highest BCUT2D eigenvalue weighted by Crippen LogP contribution is 2.48. The standard InChI is InChI=1S/C43H51FN2O13S/c1-4-58-43(50)38(48)27-37(47)32-7-5-6-29(24-32)28-57-23-22-56-21-20-55-19-18-54-17-16-53-15-14-46(60(3,51)52)36-26-39-35(25-34(36)30-8-9-30)40(42(49)45-2)41(59-39)31-10-12-33(44)13-11-31/h5-7,10-13,24-27,30,47H,4,8-9,14-23,28H2,1-3H3,(H,45,49). The van der Waals surface area contributed by atoms with Gasteiger partial charge in [-0.05, 0) is 73.2 Å². The van der Waals surface area contributed by atoms with Crippen LogP contribution in [0.15, 0.2) is 71.2 Å². The molecule has 1 heterocycles. The summed E-state index contributed by atoms with van der Waals surface area (Å²) in [6, 6.07) is 15.9. The van der Waals surface area contributed by atoms with Gasteiger partial charge in [-0.15, -0.1) is 0 Å². The molecule has 324 valence electrons. The summed E-state index contributed by atoms with van der Waals surface area (Å²) >= 11 is 0. The Hall–Kier alpha value is -5.17. The number of aliphatic hydroxyl groups is 1. The maximum Gasteiger partial charge on any atom is 0.379 e. The molecule has 5 rings (SSSR count). The minimum atomic E-state index is -3.74. The number of rotatable bonds is 26. The van der Waals surface area contributed by atoms with Crippen LogP contribution in [0.25, 0.3) is 28.1 Å². The number of sulfonamides is 1. The lowest BCUT2D eigenvalue weighted by molar-refractivity contribution is -0.151. The van der Waals surface area contributed by atoms with E-state index in [2.05, 4.69) is 10.1 Å². The van der Waals surface area contributed by atoms with Gasteiger partial charge in [-0.25, -0.2) is 17.6 Å². The number of hydrogen-bond acceptors (Lipinski definition) is 13. The van der Waals surface area contributed by atoms with E-state index >= 15 is 0 Å². The topological polar surface area (TPSA) is 189 Å². The molecule has 60 heavy (non-hydrogen) atoms. The van der Waals surface area contributed by atoms with E-state index < -0.39 is 27.6 Å². The van der Waals surface area contributed by atoms with Gasteiger partial charge in [0.25, 0.3) is 11.7 Å². The number of benzene rings is 3. The van der Waals surface area contributed by atoms with Gasteiger partial charge in [-0.3, -0.25) is 13.9 Å². The summed E-state index contributed by atoms with van der Waals surface area (Å²) in [6.07, 6.45) is 3.73. The van der Waals surface area contributed by atoms with E-state index in [1.807, 2.05) is 6.07 Å². The van der Waals surface area contributed by atoms with Gasteiger partial charge >= 0.3 is 5.97 Å². The largest absolute Gasteiger partial charge is 0.507 e. The number of aliphatic hydroxyl groups excluding tert-OH is 1. The van der Waals surface area contributed by atoms with E-state index in [-0.39, 0.29) is 62.9 Å². The van der Waals surface area contributed by atoms with Crippen LogP contribution in [0.4, 0.5) is 10.1 Å². The van der Waals surface area contributed by atoms with E-state index in [9.17, 15) is 32.3 Å². The molecule has 1 aromatic heterocycles. The zero-order valence-corrected chi connectivity index (χ0v) is 34.7. The molecular formula is C43H51FN2O13S. The van der Waals surface area contributed by atoms with Gasteiger partial charge in [0.15, 0.2) is 0 Å². The fourth-order valence-corrected chi connectivity index (χ4v) is 7.13. The number of anilines is 1. The van der Waals surface area contributed by atoms with Gasteiger partial charge in [0, 0.05) is 35.7 Å². The molecule has 1 aliphatic carbocycles. The molecular weight excluding hydrogens is 804 g/mol. The van der Waals surface area contributed by atoms with Crippen molar-refractivity contribution in [3.05, 3.63) is 94.8 Å². The maximum atomic E-state index is 13.7. The number of fused-ring (bicyclic) bond motifs is 1. The summed E-state index contributed by atoms with van der Waals surface area (Å²) in [5.41, 5.74) is 3.52. The summed E-state index contributed by atoms with van der Waals surface area (Å²) in [5.74, 6) is -2.75. The first-order chi connectivity index (χ1) is 28.9. The molecule has 17 heteroatoms. The summed E-state index contributed by atoms with van der Waals surface area (Å²) in [7, 11) is -2.23. The van der Waals surface area contributed by atoms with Crippen molar-refractivity contribution >= 4 is 50.1 Å². The minimum absolute atomic E-state index is 0.0460. The number of amides is 1. The maximum absolute atomic E-state index is 13.7. The third kappa shape index (κ3) is 13.2. The number of ketones is 1. The molecule has 4 aromatic rings. The van der Waals surface area contributed by atoms with E-state index in [1.165, 1.54) is 35.6 Å². The summed E-state index contributed by atoms with van der Waals surface area (Å²) in [5, 5.41) is 13.4. The van der Waals surface area contributed by atoms with E-state index in [4.69, 9.17) is 28.1 Å². The first-order valence-corrected chi connectivity index (χ1v) is 21.4. The molecule has 0 atom stereocenters. The van der Waals surface area contributed by atoms with Crippen molar-refractivity contribution in [1.82, 2.24) is 5.32 Å². The molecule has 15 nitrogen and oxygen atoms in total. The van der Waals surface area contributed by atoms with Crippen LogP contribution in [0.1, 0.15) is 52.7 Å².